The van der Waals surface area contributed by atoms with Crippen LogP contribution >= 0.6 is 0 Å². The van der Waals surface area contributed by atoms with Crippen molar-refractivity contribution in [2.24, 2.45) is 0 Å². The highest BCUT2D eigenvalue weighted by Crippen LogP contribution is 2.36. The number of nitrogens with zero attached hydrogens (tertiary/aromatic N) is 1. The van der Waals surface area contributed by atoms with Crippen LogP contribution in [0.25, 0.3) is 0 Å². The molecule has 144 valence electrons. The molecule has 0 bridgehead atoms. The molecular formula is C19H40NO3S+. The molecule has 0 aromatic heterocycles. The molecule has 0 heterocycles. The van der Waals surface area contributed by atoms with Crippen LogP contribution in [0.4, 0.5) is 0 Å². The van der Waals surface area contributed by atoms with Crippen molar-refractivity contribution < 1.29 is 17.5 Å². The maximum absolute atomic E-state index is 9.79. The van der Waals surface area contributed by atoms with Crippen molar-refractivity contribution in [3.05, 3.63) is 0 Å². The van der Waals surface area contributed by atoms with Gasteiger partial charge in [-0.2, -0.15) is 8.42 Å². The molecule has 0 atom stereocenters. The van der Waals surface area contributed by atoms with Gasteiger partial charge in [0, 0.05) is 0 Å². The van der Waals surface area contributed by atoms with Gasteiger partial charge < -0.3 is 4.48 Å². The van der Waals surface area contributed by atoms with Gasteiger partial charge in [0.25, 0.3) is 10.1 Å². The zero-order valence-corrected chi connectivity index (χ0v) is 17.0. The summed E-state index contributed by atoms with van der Waals surface area (Å²) in [6.45, 7) is 9.35. The first-order valence-corrected chi connectivity index (χ1v) is 11.8. The average molecular weight is 363 g/mol. The van der Waals surface area contributed by atoms with Gasteiger partial charge in [-0.3, -0.25) is 4.55 Å². The van der Waals surface area contributed by atoms with Gasteiger partial charge in [0.1, 0.15) is 0 Å². The Balaban J connectivity index is 0.000000351. The number of hydrogen-bond donors (Lipinski definition) is 1. The minimum Gasteiger partial charge on any atom is -0.319 e. The van der Waals surface area contributed by atoms with Gasteiger partial charge in [0.15, 0.2) is 0 Å². The highest BCUT2D eigenvalue weighted by atomic mass is 32.2. The lowest BCUT2D eigenvalue weighted by Crippen LogP contribution is -2.62. The Hall–Kier alpha value is -0.130. The van der Waals surface area contributed by atoms with E-state index in [1.54, 1.807) is 6.92 Å². The molecule has 2 aliphatic rings. The molecule has 2 fully saturated rings. The molecule has 0 aromatic carbocycles. The minimum absolute atomic E-state index is 0.132. The van der Waals surface area contributed by atoms with Crippen LogP contribution in [-0.4, -0.2) is 48.4 Å². The lowest BCUT2D eigenvalue weighted by molar-refractivity contribution is -0.972. The quantitative estimate of drug-likeness (QED) is 0.546. The molecule has 1 N–H and O–H groups in total. The van der Waals surface area contributed by atoms with Crippen LogP contribution in [0.2, 0.25) is 0 Å². The van der Waals surface area contributed by atoms with E-state index in [-0.39, 0.29) is 5.75 Å². The Morgan fingerprint density at radius 2 is 1.17 bits per heavy atom. The summed E-state index contributed by atoms with van der Waals surface area (Å²) in [7, 11) is -3.67. The van der Waals surface area contributed by atoms with Crippen LogP contribution in [0.15, 0.2) is 0 Å². The molecule has 24 heavy (non-hydrogen) atoms. The summed E-state index contributed by atoms with van der Waals surface area (Å²) >= 11 is 0. The predicted molar refractivity (Wildman–Crippen MR) is 102 cm³/mol. The first-order valence-electron chi connectivity index (χ1n) is 10.2. The summed E-state index contributed by atoms with van der Waals surface area (Å²) in [4.78, 5) is 0. The Morgan fingerprint density at radius 3 is 1.38 bits per heavy atom. The molecular weight excluding hydrogens is 322 g/mol. The molecule has 0 unspecified atom stereocenters. The van der Waals surface area contributed by atoms with Gasteiger partial charge in [0.05, 0.1) is 30.9 Å². The second kappa shape index (κ2) is 10.8. The van der Waals surface area contributed by atoms with Gasteiger partial charge in [-0.1, -0.05) is 19.8 Å². The van der Waals surface area contributed by atoms with E-state index < -0.39 is 10.1 Å². The third kappa shape index (κ3) is 6.64. The van der Waals surface area contributed by atoms with Crippen LogP contribution in [0.5, 0.6) is 0 Å². The summed E-state index contributed by atoms with van der Waals surface area (Å²) in [5, 5.41) is 0. The average Bonchev–Trinajstić information content (AvgIpc) is 2.58. The highest BCUT2D eigenvalue weighted by Gasteiger charge is 2.41. The van der Waals surface area contributed by atoms with Gasteiger partial charge in [-0.25, -0.2) is 0 Å². The van der Waals surface area contributed by atoms with E-state index in [9.17, 15) is 8.42 Å². The van der Waals surface area contributed by atoms with E-state index in [1.165, 1.54) is 81.8 Å². The molecule has 0 radical (unpaired) electrons. The zero-order valence-electron chi connectivity index (χ0n) is 16.2. The summed E-state index contributed by atoms with van der Waals surface area (Å²) < 4.78 is 29.0. The predicted octanol–water partition coefficient (Wildman–Crippen LogP) is 4.79. The molecule has 0 spiro atoms. The molecule has 2 saturated carbocycles. The topological polar surface area (TPSA) is 54.4 Å². The third-order valence-electron chi connectivity index (χ3n) is 6.24. The van der Waals surface area contributed by atoms with Crippen molar-refractivity contribution in [2.45, 2.75) is 103 Å². The van der Waals surface area contributed by atoms with Crippen molar-refractivity contribution in [3.63, 3.8) is 0 Å². The first kappa shape index (κ1) is 21.9. The second-order valence-electron chi connectivity index (χ2n) is 7.61. The fourth-order valence-corrected chi connectivity index (χ4v) is 5.52. The maximum atomic E-state index is 9.79. The van der Waals surface area contributed by atoms with Crippen molar-refractivity contribution in [1.29, 1.82) is 0 Å². The van der Waals surface area contributed by atoms with Crippen LogP contribution in [0.3, 0.4) is 0 Å². The molecule has 2 rings (SSSR count). The Kier molecular flexibility index (Phi) is 9.83. The van der Waals surface area contributed by atoms with Crippen molar-refractivity contribution in [2.75, 3.05) is 18.8 Å². The number of quaternary nitrogens is 1. The molecule has 0 saturated heterocycles. The zero-order chi connectivity index (χ0) is 18.1. The van der Waals surface area contributed by atoms with E-state index in [2.05, 4.69) is 13.8 Å². The monoisotopic (exact) mass is 362 g/mol. The van der Waals surface area contributed by atoms with Gasteiger partial charge in [-0.05, 0) is 71.6 Å². The SMILES string of the molecule is CCCS(=O)(=O)O.CC[N+](CC)(C1CCCCC1)C1CCCCC1. The largest absolute Gasteiger partial charge is 0.319 e. The van der Waals surface area contributed by atoms with E-state index in [0.717, 1.165) is 12.1 Å². The number of rotatable bonds is 6. The van der Waals surface area contributed by atoms with E-state index in [0.29, 0.717) is 6.42 Å². The van der Waals surface area contributed by atoms with Crippen molar-refractivity contribution in [1.82, 2.24) is 0 Å². The Labute approximate surface area is 150 Å². The summed E-state index contributed by atoms with van der Waals surface area (Å²) in [5.74, 6) is -0.132. The van der Waals surface area contributed by atoms with Crippen molar-refractivity contribution in [3.8, 4) is 0 Å². The number of hydrogen-bond acceptors (Lipinski definition) is 2. The first-order chi connectivity index (χ1) is 11.4. The third-order valence-corrected chi connectivity index (χ3v) is 7.17. The molecule has 0 aliphatic heterocycles. The van der Waals surface area contributed by atoms with E-state index in [1.807, 2.05) is 0 Å². The molecule has 4 nitrogen and oxygen atoms in total. The van der Waals surface area contributed by atoms with E-state index >= 15 is 0 Å². The lowest BCUT2D eigenvalue weighted by atomic mass is 9.85. The maximum Gasteiger partial charge on any atom is 0.264 e. The Bertz CT molecular complexity index is 400. The standard InChI is InChI=1S/C16H32N.C3H8O3S/c1-3-17(4-2,15-11-7-5-8-12-15)16-13-9-6-10-14-16;1-2-3-7(4,5)6/h15-16H,3-14H2,1-2H3;2-3H2,1H3,(H,4,5,6)/q+1;. The van der Waals surface area contributed by atoms with Crippen LogP contribution in [0.1, 0.15) is 91.4 Å². The molecule has 2 aliphatic carbocycles. The van der Waals surface area contributed by atoms with Crippen LogP contribution in [-0.2, 0) is 10.1 Å². The summed E-state index contributed by atoms with van der Waals surface area (Å²) in [5.41, 5.74) is 0. The van der Waals surface area contributed by atoms with Gasteiger partial charge in [0.2, 0.25) is 0 Å². The minimum atomic E-state index is -3.67. The summed E-state index contributed by atoms with van der Waals surface area (Å²) in [6, 6.07) is 2.00. The molecule has 0 aromatic rings. The van der Waals surface area contributed by atoms with Crippen molar-refractivity contribution >= 4 is 10.1 Å². The second-order valence-corrected chi connectivity index (χ2v) is 9.18. The Morgan fingerprint density at radius 1 is 0.792 bits per heavy atom. The van der Waals surface area contributed by atoms with Gasteiger partial charge in [-0.15, -0.1) is 0 Å². The molecule has 0 amide bonds. The normalized spacial score (nSPS) is 21.2. The highest BCUT2D eigenvalue weighted by molar-refractivity contribution is 7.85. The smallest absolute Gasteiger partial charge is 0.264 e. The van der Waals surface area contributed by atoms with Gasteiger partial charge >= 0.3 is 0 Å². The van der Waals surface area contributed by atoms with E-state index in [4.69, 9.17) is 4.55 Å². The van der Waals surface area contributed by atoms with Crippen LogP contribution in [0, 0.1) is 0 Å². The van der Waals surface area contributed by atoms with Crippen LogP contribution < -0.4 is 0 Å². The summed E-state index contributed by atoms with van der Waals surface area (Å²) in [6.07, 6.45) is 15.5. The molecule has 5 heteroatoms. The lowest BCUT2D eigenvalue weighted by Gasteiger charge is -2.51. The fraction of sp³-hybridized carbons (Fsp3) is 1.00. The fourth-order valence-electron chi connectivity index (χ4n) is 5.00.